The van der Waals surface area contributed by atoms with E-state index in [0.29, 0.717) is 5.82 Å². The van der Waals surface area contributed by atoms with Crippen molar-refractivity contribution < 1.29 is 22.7 Å². The van der Waals surface area contributed by atoms with Crippen LogP contribution in [0, 0.1) is 6.92 Å². The second-order valence-corrected chi connectivity index (χ2v) is 7.92. The molecule has 2 aromatic rings. The third-order valence-electron chi connectivity index (χ3n) is 3.81. The van der Waals surface area contributed by atoms with Crippen molar-refractivity contribution in [3.05, 3.63) is 41.9 Å². The Bertz CT molecular complexity index is 952. The van der Waals surface area contributed by atoms with Crippen molar-refractivity contribution in [2.24, 2.45) is 7.05 Å². The number of aromatic nitrogens is 2. The monoisotopic (exact) mass is 394 g/mol. The van der Waals surface area contributed by atoms with Gasteiger partial charge >= 0.3 is 5.97 Å². The number of carbonyl (C=O) groups is 2. The zero-order chi connectivity index (χ0) is 20.2. The number of sulfonamides is 1. The summed E-state index contributed by atoms with van der Waals surface area (Å²) in [5.74, 6) is -0.769. The molecule has 0 radical (unpaired) electrons. The van der Waals surface area contributed by atoms with Gasteiger partial charge < -0.3 is 14.6 Å². The average molecular weight is 394 g/mol. The summed E-state index contributed by atoms with van der Waals surface area (Å²) < 4.78 is 32.6. The summed E-state index contributed by atoms with van der Waals surface area (Å²) in [5.41, 5.74) is 0.871. The van der Waals surface area contributed by atoms with E-state index < -0.39 is 28.4 Å². The zero-order valence-corrected chi connectivity index (χ0v) is 16.4. The number of likely N-dealkylation sites (N-methyl/N-ethyl adjacent to an activating group) is 1. The van der Waals surface area contributed by atoms with E-state index in [9.17, 15) is 18.0 Å². The topological polar surface area (TPSA) is 111 Å². The predicted octanol–water partition coefficient (Wildman–Crippen LogP) is 1.16. The van der Waals surface area contributed by atoms with Crippen LogP contribution < -0.4 is 5.32 Å². The summed E-state index contributed by atoms with van der Waals surface area (Å²) in [6.45, 7) is 3.22. The molecular formula is C17H22N4O5S. The molecule has 0 bridgehead atoms. The second kappa shape index (κ2) is 8.31. The number of ether oxygens (including phenoxy) is 1. The van der Waals surface area contributed by atoms with Gasteiger partial charge in [-0.05, 0) is 31.5 Å². The molecule has 0 atom stereocenters. The maximum absolute atomic E-state index is 12.7. The number of aryl methyl sites for hydroxylation is 2. The molecule has 0 fully saturated rings. The third kappa shape index (κ3) is 4.72. The lowest BCUT2D eigenvalue weighted by atomic mass is 10.3. The first-order valence-corrected chi connectivity index (χ1v) is 9.62. The summed E-state index contributed by atoms with van der Waals surface area (Å²) in [4.78, 5) is 28.0. The van der Waals surface area contributed by atoms with Crippen LogP contribution >= 0.6 is 0 Å². The molecule has 0 aliphatic rings. The highest BCUT2D eigenvalue weighted by molar-refractivity contribution is 7.89. The summed E-state index contributed by atoms with van der Waals surface area (Å²) in [7, 11) is -1.13. The Balaban J connectivity index is 2.14. The van der Waals surface area contributed by atoms with Crippen LogP contribution in [0.15, 0.2) is 35.5 Å². The molecule has 1 amide bonds. The number of hydrogen-bond donors (Lipinski definition) is 1. The van der Waals surface area contributed by atoms with E-state index in [-0.39, 0.29) is 17.2 Å². The molecule has 0 saturated heterocycles. The molecule has 2 aromatic heterocycles. The molecule has 146 valence electrons. The largest absolute Gasteiger partial charge is 0.461 e. The Morgan fingerprint density at radius 2 is 2.07 bits per heavy atom. The summed E-state index contributed by atoms with van der Waals surface area (Å²) in [6.07, 6.45) is 2.84. The minimum atomic E-state index is -3.96. The zero-order valence-electron chi connectivity index (χ0n) is 15.6. The van der Waals surface area contributed by atoms with Gasteiger partial charge in [-0.25, -0.2) is 18.2 Å². The Hall–Kier alpha value is -2.72. The molecule has 27 heavy (non-hydrogen) atoms. The van der Waals surface area contributed by atoms with E-state index in [2.05, 4.69) is 10.3 Å². The van der Waals surface area contributed by atoms with Crippen LogP contribution in [-0.4, -0.2) is 54.3 Å². The molecule has 0 aliphatic carbocycles. The fraction of sp³-hybridized carbons (Fsp3) is 0.353. The summed E-state index contributed by atoms with van der Waals surface area (Å²) >= 11 is 0. The standard InChI is InChI=1S/C17H22N4O5S/c1-5-26-17(23)14-9-13(10-20(14)3)27(24,25)21(4)11-15(22)19-16-12(2)7-6-8-18-16/h6-10H,5,11H2,1-4H3,(H,18,19,22). The molecule has 1 N–H and O–H groups in total. The molecule has 0 aromatic carbocycles. The van der Waals surface area contributed by atoms with Crippen molar-refractivity contribution in [3.63, 3.8) is 0 Å². The van der Waals surface area contributed by atoms with Crippen molar-refractivity contribution in [1.82, 2.24) is 13.9 Å². The summed E-state index contributed by atoms with van der Waals surface area (Å²) in [6, 6.07) is 4.74. The highest BCUT2D eigenvalue weighted by atomic mass is 32.2. The fourth-order valence-electron chi connectivity index (χ4n) is 2.34. The minimum Gasteiger partial charge on any atom is -0.461 e. The first-order valence-electron chi connectivity index (χ1n) is 8.18. The van der Waals surface area contributed by atoms with Crippen molar-refractivity contribution >= 4 is 27.7 Å². The van der Waals surface area contributed by atoms with E-state index >= 15 is 0 Å². The first kappa shape index (κ1) is 20.6. The number of nitrogens with zero attached hydrogens (tertiary/aromatic N) is 3. The van der Waals surface area contributed by atoms with Gasteiger partial charge in [-0.1, -0.05) is 6.07 Å². The highest BCUT2D eigenvalue weighted by Crippen LogP contribution is 2.18. The van der Waals surface area contributed by atoms with Gasteiger partial charge in [0.1, 0.15) is 16.4 Å². The number of carbonyl (C=O) groups excluding carboxylic acids is 2. The van der Waals surface area contributed by atoms with Gasteiger partial charge in [-0.2, -0.15) is 4.31 Å². The number of rotatable bonds is 7. The van der Waals surface area contributed by atoms with Crippen LogP contribution in [-0.2, 0) is 26.6 Å². The van der Waals surface area contributed by atoms with Gasteiger partial charge in [-0.15, -0.1) is 0 Å². The number of amides is 1. The van der Waals surface area contributed by atoms with Crippen LogP contribution in [0.3, 0.4) is 0 Å². The van der Waals surface area contributed by atoms with E-state index in [1.807, 2.05) is 0 Å². The number of pyridine rings is 1. The van der Waals surface area contributed by atoms with Crippen molar-refractivity contribution in [3.8, 4) is 0 Å². The molecule has 9 nitrogen and oxygen atoms in total. The highest BCUT2D eigenvalue weighted by Gasteiger charge is 2.27. The maximum Gasteiger partial charge on any atom is 0.354 e. The lowest BCUT2D eigenvalue weighted by Crippen LogP contribution is -2.35. The van der Waals surface area contributed by atoms with Gasteiger partial charge in [0, 0.05) is 26.5 Å². The Morgan fingerprint density at radius 3 is 2.70 bits per heavy atom. The van der Waals surface area contributed by atoms with Gasteiger partial charge in [0.05, 0.1) is 13.2 Å². The number of nitrogens with one attached hydrogen (secondary N) is 1. The molecule has 0 aliphatic heterocycles. The van der Waals surface area contributed by atoms with Crippen LogP contribution in [0.1, 0.15) is 23.0 Å². The normalized spacial score (nSPS) is 11.4. The van der Waals surface area contributed by atoms with Gasteiger partial charge in [0.15, 0.2) is 0 Å². The third-order valence-corrected chi connectivity index (χ3v) is 5.57. The minimum absolute atomic E-state index is 0.0997. The van der Waals surface area contributed by atoms with E-state index in [0.717, 1.165) is 9.87 Å². The van der Waals surface area contributed by atoms with Crippen molar-refractivity contribution in [1.29, 1.82) is 0 Å². The second-order valence-electron chi connectivity index (χ2n) is 5.87. The number of esters is 1. The Kier molecular flexibility index (Phi) is 6.34. The smallest absolute Gasteiger partial charge is 0.354 e. The molecule has 10 heteroatoms. The molecule has 0 unspecified atom stereocenters. The molecule has 0 saturated carbocycles. The molecular weight excluding hydrogens is 372 g/mol. The quantitative estimate of drug-likeness (QED) is 0.706. The van der Waals surface area contributed by atoms with Crippen molar-refractivity contribution in [2.45, 2.75) is 18.7 Å². The average Bonchev–Trinajstić information content (AvgIpc) is 2.99. The van der Waals surface area contributed by atoms with E-state index in [1.165, 1.54) is 30.1 Å². The first-order chi connectivity index (χ1) is 12.7. The van der Waals surface area contributed by atoms with E-state index in [4.69, 9.17) is 4.74 Å². The van der Waals surface area contributed by atoms with Crippen molar-refractivity contribution in [2.75, 3.05) is 25.5 Å². The van der Waals surface area contributed by atoms with Crippen LogP contribution in [0.2, 0.25) is 0 Å². The Labute approximate surface area is 158 Å². The number of anilines is 1. The molecule has 2 rings (SSSR count). The SMILES string of the molecule is CCOC(=O)c1cc(S(=O)(=O)N(C)CC(=O)Nc2ncccc2C)cn1C. The lowest BCUT2D eigenvalue weighted by molar-refractivity contribution is -0.116. The number of hydrogen-bond acceptors (Lipinski definition) is 6. The van der Waals surface area contributed by atoms with Crippen LogP contribution in [0.25, 0.3) is 0 Å². The van der Waals surface area contributed by atoms with Crippen LogP contribution in [0.4, 0.5) is 5.82 Å². The van der Waals surface area contributed by atoms with Crippen LogP contribution in [0.5, 0.6) is 0 Å². The maximum atomic E-state index is 12.7. The van der Waals surface area contributed by atoms with Gasteiger partial charge in [0.25, 0.3) is 0 Å². The predicted molar refractivity (Wildman–Crippen MR) is 98.8 cm³/mol. The lowest BCUT2D eigenvalue weighted by Gasteiger charge is -2.16. The molecule has 0 spiro atoms. The summed E-state index contributed by atoms with van der Waals surface area (Å²) in [5, 5.41) is 2.58. The molecule has 2 heterocycles. The van der Waals surface area contributed by atoms with E-state index in [1.54, 1.807) is 33.0 Å². The van der Waals surface area contributed by atoms with Gasteiger partial charge in [0.2, 0.25) is 15.9 Å². The Morgan fingerprint density at radius 1 is 1.37 bits per heavy atom. The fourth-order valence-corrected chi connectivity index (χ4v) is 3.54. The van der Waals surface area contributed by atoms with Gasteiger partial charge in [-0.3, -0.25) is 4.79 Å².